The molecule has 0 saturated heterocycles. The van der Waals surface area contributed by atoms with Crippen LogP contribution in [0.3, 0.4) is 0 Å². The molecule has 2 atom stereocenters. The van der Waals surface area contributed by atoms with Gasteiger partial charge in [0.1, 0.15) is 11.6 Å². The van der Waals surface area contributed by atoms with Crippen molar-refractivity contribution in [2.75, 3.05) is 26.7 Å². The molecule has 0 radical (unpaired) electrons. The molecule has 3 amide bonds. The maximum absolute atomic E-state index is 14.3. The molecule has 9 nitrogen and oxygen atoms in total. The quantitative estimate of drug-likeness (QED) is 0.165. The number of hydrogen-bond donors (Lipinski definition) is 4. The number of nitrogens with zero attached hydrogens (tertiary/aromatic N) is 1. The van der Waals surface area contributed by atoms with E-state index in [-0.39, 0.29) is 41.8 Å². The number of primary amides is 1. The van der Waals surface area contributed by atoms with Gasteiger partial charge in [0, 0.05) is 42.9 Å². The fraction of sp³-hybridized carbons (Fsp3) is 0.382. The third kappa shape index (κ3) is 10.8. The summed E-state index contributed by atoms with van der Waals surface area (Å²) in [5.41, 5.74) is 4.79. The first-order valence-corrected chi connectivity index (χ1v) is 15.2. The Morgan fingerprint density at radius 2 is 1.60 bits per heavy atom. The number of ether oxygens (including phenoxy) is 1. The summed E-state index contributed by atoms with van der Waals surface area (Å²) in [4.78, 5) is 40.7. The lowest BCUT2D eigenvalue weighted by molar-refractivity contribution is -0.137. The summed E-state index contributed by atoms with van der Waals surface area (Å²) >= 11 is 0. The minimum absolute atomic E-state index is 0.0466. The maximum Gasteiger partial charge on any atom is 0.416 e. The van der Waals surface area contributed by atoms with Crippen molar-refractivity contribution in [3.63, 3.8) is 0 Å². The van der Waals surface area contributed by atoms with Gasteiger partial charge < -0.3 is 31.1 Å². The van der Waals surface area contributed by atoms with Gasteiger partial charge in [-0.1, -0.05) is 26.0 Å². The van der Waals surface area contributed by atoms with Crippen LogP contribution < -0.4 is 21.1 Å². The van der Waals surface area contributed by atoms with E-state index in [4.69, 9.17) is 10.5 Å². The Balaban J connectivity index is 1.93. The van der Waals surface area contributed by atoms with E-state index < -0.39 is 47.4 Å². The molecule has 0 aromatic heterocycles. The molecule has 0 spiro atoms. The predicted octanol–water partition coefficient (Wildman–Crippen LogP) is 4.71. The van der Waals surface area contributed by atoms with Crippen LogP contribution in [0.5, 0.6) is 5.75 Å². The first kappa shape index (κ1) is 37.0. The highest BCUT2D eigenvalue weighted by Crippen LogP contribution is 2.31. The molecule has 0 fully saturated rings. The number of alkyl halides is 3. The number of nitrogens with two attached hydrogens (primary N) is 1. The number of aliphatic hydroxyl groups is 1. The number of methoxy groups -OCH3 is 1. The number of benzene rings is 3. The van der Waals surface area contributed by atoms with Crippen LogP contribution in [0.1, 0.15) is 74.5 Å². The van der Waals surface area contributed by atoms with Crippen molar-refractivity contribution in [2.24, 2.45) is 5.73 Å². The Kier molecular flexibility index (Phi) is 13.3. The van der Waals surface area contributed by atoms with Gasteiger partial charge in [-0.3, -0.25) is 14.4 Å². The van der Waals surface area contributed by atoms with Crippen LogP contribution in [0, 0.1) is 5.82 Å². The number of nitrogens with one attached hydrogen (secondary N) is 2. The number of amides is 3. The van der Waals surface area contributed by atoms with E-state index in [1.54, 1.807) is 23.1 Å². The van der Waals surface area contributed by atoms with Crippen LogP contribution in [0.2, 0.25) is 0 Å². The molecule has 254 valence electrons. The average molecular weight is 661 g/mol. The fourth-order valence-electron chi connectivity index (χ4n) is 5.07. The number of aliphatic hydroxyl groups excluding tert-OH is 1. The standard InChI is InChI=1S/C34H40F4N4O5/c1-4-9-42(10-5-2)33(46)25-16-23(31(39)44)15-24(17-25)32(45)41-29(14-22-11-26(34(36,37)38)18-27(35)12-22)30(43)20-40-19-21-7-6-8-28(13-21)47-3/h6-8,11-13,15-18,29-30,40,43H,4-5,9-10,14,19-20H2,1-3H3,(H2,39,44)(H,41,45)/t29-,30+/m0/s1. The first-order valence-electron chi connectivity index (χ1n) is 15.2. The van der Waals surface area contributed by atoms with E-state index in [9.17, 15) is 37.1 Å². The largest absolute Gasteiger partial charge is 0.497 e. The van der Waals surface area contributed by atoms with Gasteiger partial charge in [-0.15, -0.1) is 0 Å². The minimum Gasteiger partial charge on any atom is -0.497 e. The monoisotopic (exact) mass is 660 g/mol. The summed E-state index contributed by atoms with van der Waals surface area (Å²) in [6.07, 6.45) is -5.22. The smallest absolute Gasteiger partial charge is 0.416 e. The van der Waals surface area contributed by atoms with Gasteiger partial charge in [-0.25, -0.2) is 4.39 Å². The number of hydrogen-bond acceptors (Lipinski definition) is 6. The van der Waals surface area contributed by atoms with E-state index in [1.165, 1.54) is 25.3 Å². The molecule has 3 rings (SSSR count). The lowest BCUT2D eigenvalue weighted by Gasteiger charge is -2.26. The average Bonchev–Trinajstić information content (AvgIpc) is 3.03. The van der Waals surface area contributed by atoms with Gasteiger partial charge in [0.2, 0.25) is 5.91 Å². The van der Waals surface area contributed by atoms with Gasteiger partial charge in [-0.05, 0) is 78.9 Å². The zero-order valence-electron chi connectivity index (χ0n) is 26.5. The molecule has 0 aliphatic carbocycles. The highest BCUT2D eigenvalue weighted by molar-refractivity contribution is 6.04. The number of rotatable bonds is 16. The highest BCUT2D eigenvalue weighted by atomic mass is 19.4. The molecular weight excluding hydrogens is 620 g/mol. The third-order valence-corrected chi connectivity index (χ3v) is 7.34. The summed E-state index contributed by atoms with van der Waals surface area (Å²) < 4.78 is 59.8. The Labute approximate surface area is 271 Å². The molecular formula is C34H40F4N4O5. The Morgan fingerprint density at radius 3 is 2.21 bits per heavy atom. The van der Waals surface area contributed by atoms with E-state index in [1.807, 2.05) is 19.9 Å². The van der Waals surface area contributed by atoms with Crippen molar-refractivity contribution in [1.29, 1.82) is 0 Å². The second-order valence-electron chi connectivity index (χ2n) is 11.1. The van der Waals surface area contributed by atoms with E-state index in [0.29, 0.717) is 37.7 Å². The van der Waals surface area contributed by atoms with Crippen LogP contribution in [-0.2, 0) is 19.1 Å². The topological polar surface area (TPSA) is 134 Å². The van der Waals surface area contributed by atoms with Crippen molar-refractivity contribution in [3.05, 3.63) is 99.9 Å². The van der Waals surface area contributed by atoms with Crippen molar-refractivity contribution < 1.29 is 41.8 Å². The van der Waals surface area contributed by atoms with Crippen molar-refractivity contribution in [2.45, 2.75) is 58.0 Å². The van der Waals surface area contributed by atoms with Gasteiger partial charge in [0.05, 0.1) is 24.8 Å². The third-order valence-electron chi connectivity index (χ3n) is 7.34. The van der Waals surface area contributed by atoms with Crippen LogP contribution >= 0.6 is 0 Å². The molecule has 3 aromatic carbocycles. The van der Waals surface area contributed by atoms with Crippen molar-refractivity contribution in [3.8, 4) is 5.75 Å². The lowest BCUT2D eigenvalue weighted by Crippen LogP contribution is -2.48. The van der Waals surface area contributed by atoms with Crippen LogP contribution in [0.15, 0.2) is 60.7 Å². The summed E-state index contributed by atoms with van der Waals surface area (Å²) in [5.74, 6) is -2.65. The summed E-state index contributed by atoms with van der Waals surface area (Å²) in [5, 5.41) is 16.8. The normalized spacial score (nSPS) is 12.7. The summed E-state index contributed by atoms with van der Waals surface area (Å²) in [6.45, 7) is 4.87. The molecule has 0 unspecified atom stereocenters. The number of carbonyl (C=O) groups excluding carboxylic acids is 3. The van der Waals surface area contributed by atoms with Crippen LogP contribution in [0.25, 0.3) is 0 Å². The highest BCUT2D eigenvalue weighted by Gasteiger charge is 2.32. The van der Waals surface area contributed by atoms with Crippen molar-refractivity contribution in [1.82, 2.24) is 15.5 Å². The molecule has 0 heterocycles. The molecule has 3 aromatic rings. The first-order chi connectivity index (χ1) is 22.2. The Hall–Kier alpha value is -4.49. The number of carbonyl (C=O) groups is 3. The molecule has 0 saturated carbocycles. The van der Waals surface area contributed by atoms with E-state index >= 15 is 0 Å². The van der Waals surface area contributed by atoms with Gasteiger partial charge in [0.25, 0.3) is 11.8 Å². The van der Waals surface area contributed by atoms with E-state index in [2.05, 4.69) is 10.6 Å². The van der Waals surface area contributed by atoms with Gasteiger partial charge in [-0.2, -0.15) is 13.2 Å². The summed E-state index contributed by atoms with van der Waals surface area (Å²) in [7, 11) is 1.52. The molecule has 5 N–H and O–H groups in total. The van der Waals surface area contributed by atoms with Gasteiger partial charge >= 0.3 is 6.18 Å². The van der Waals surface area contributed by atoms with Gasteiger partial charge in [0.15, 0.2) is 0 Å². The minimum atomic E-state index is -4.83. The second-order valence-corrected chi connectivity index (χ2v) is 11.1. The van der Waals surface area contributed by atoms with E-state index in [0.717, 1.165) is 17.7 Å². The Morgan fingerprint density at radius 1 is 0.936 bits per heavy atom. The Bertz CT molecular complexity index is 1540. The molecule has 0 aliphatic rings. The van der Waals surface area contributed by atoms with Crippen LogP contribution in [-0.4, -0.2) is 66.6 Å². The molecule has 0 bridgehead atoms. The van der Waals surface area contributed by atoms with Crippen LogP contribution in [0.4, 0.5) is 17.6 Å². The predicted molar refractivity (Wildman–Crippen MR) is 169 cm³/mol. The zero-order chi connectivity index (χ0) is 34.7. The molecule has 47 heavy (non-hydrogen) atoms. The SMILES string of the molecule is CCCN(CCC)C(=O)c1cc(C(N)=O)cc(C(=O)N[C@@H](Cc2cc(F)cc(C(F)(F)F)c2)[C@H](O)CNCc2cccc(OC)c2)c1. The summed E-state index contributed by atoms with van der Waals surface area (Å²) in [6, 6.07) is 11.7. The molecule has 13 heteroatoms. The fourth-order valence-corrected chi connectivity index (χ4v) is 5.07. The van der Waals surface area contributed by atoms with Crippen molar-refractivity contribution >= 4 is 17.7 Å². The number of halogens is 4. The second kappa shape index (κ2) is 16.9. The zero-order valence-corrected chi connectivity index (χ0v) is 26.5. The lowest BCUT2D eigenvalue weighted by atomic mass is 9.97. The molecule has 0 aliphatic heterocycles. The maximum atomic E-state index is 14.3.